The van der Waals surface area contributed by atoms with Gasteiger partial charge in [0.25, 0.3) is 0 Å². The number of aromatic nitrogens is 1. The van der Waals surface area contributed by atoms with Gasteiger partial charge in [-0.3, -0.25) is 4.79 Å². The number of methoxy groups -OCH3 is 1. The Morgan fingerprint density at radius 3 is 2.56 bits per heavy atom. The van der Waals surface area contributed by atoms with Crippen LogP contribution in [0.4, 0.5) is 0 Å². The second-order valence-electron chi connectivity index (χ2n) is 6.81. The van der Waals surface area contributed by atoms with Gasteiger partial charge in [-0.2, -0.15) is 0 Å². The lowest BCUT2D eigenvalue weighted by Gasteiger charge is -2.27. The molecule has 0 fully saturated rings. The van der Waals surface area contributed by atoms with E-state index in [9.17, 15) is 9.59 Å². The average Bonchev–Trinajstić information content (AvgIpc) is 3.06. The van der Waals surface area contributed by atoms with Crippen molar-refractivity contribution < 1.29 is 14.3 Å². The molecule has 1 unspecified atom stereocenters. The van der Waals surface area contributed by atoms with Crippen molar-refractivity contribution in [2.75, 3.05) is 13.7 Å². The van der Waals surface area contributed by atoms with Gasteiger partial charge in [-0.1, -0.05) is 40.5 Å². The van der Waals surface area contributed by atoms with E-state index in [0.29, 0.717) is 18.2 Å². The number of amides is 1. The van der Waals surface area contributed by atoms with Crippen LogP contribution in [0.3, 0.4) is 0 Å². The van der Waals surface area contributed by atoms with Crippen LogP contribution in [-0.4, -0.2) is 35.4 Å². The second-order valence-corrected chi connectivity index (χ2v) is 7.75. The summed E-state index contributed by atoms with van der Waals surface area (Å²) in [7, 11) is 1.35. The zero-order valence-electron chi connectivity index (χ0n) is 16.2. The molecule has 25 heavy (non-hydrogen) atoms. The normalized spacial score (nSPS) is 12.2. The first-order chi connectivity index (χ1) is 11.9. The summed E-state index contributed by atoms with van der Waals surface area (Å²) in [5.41, 5.74) is 0.316. The molecule has 6 heteroatoms. The van der Waals surface area contributed by atoms with Crippen LogP contribution in [0.15, 0.2) is 5.38 Å². The van der Waals surface area contributed by atoms with Gasteiger partial charge < -0.3 is 9.64 Å². The van der Waals surface area contributed by atoms with Crippen molar-refractivity contribution in [1.82, 2.24) is 9.88 Å². The molecule has 0 spiro atoms. The Hall–Kier alpha value is -1.43. The Labute approximate surface area is 155 Å². The van der Waals surface area contributed by atoms with Gasteiger partial charge in [0.15, 0.2) is 5.69 Å². The molecule has 1 rings (SSSR count). The summed E-state index contributed by atoms with van der Waals surface area (Å²) in [5, 5.41) is 2.48. The number of nitrogens with zero attached hydrogens (tertiary/aromatic N) is 2. The van der Waals surface area contributed by atoms with Crippen LogP contribution < -0.4 is 0 Å². The fraction of sp³-hybridized carbons (Fsp3) is 0.737. The number of thiazole rings is 1. The Bertz CT molecular complexity index is 543. The first-order valence-corrected chi connectivity index (χ1v) is 10.1. The molecule has 0 aliphatic heterocycles. The number of unbranched alkanes of at least 4 members (excludes halogenated alkanes) is 1. The van der Waals surface area contributed by atoms with Gasteiger partial charge in [-0.25, -0.2) is 9.78 Å². The van der Waals surface area contributed by atoms with Crippen LogP contribution in [0.1, 0.15) is 75.3 Å². The lowest BCUT2D eigenvalue weighted by Crippen LogP contribution is -2.36. The lowest BCUT2D eigenvalue weighted by molar-refractivity contribution is -0.136. The molecule has 0 saturated heterocycles. The van der Waals surface area contributed by atoms with Crippen LogP contribution in [0.2, 0.25) is 0 Å². The van der Waals surface area contributed by atoms with Crippen molar-refractivity contribution >= 4 is 23.2 Å². The summed E-state index contributed by atoms with van der Waals surface area (Å²) in [6.45, 7) is 9.75. The number of esters is 1. The van der Waals surface area contributed by atoms with E-state index in [-0.39, 0.29) is 11.8 Å². The van der Waals surface area contributed by atoms with Gasteiger partial charge in [-0.05, 0) is 25.2 Å². The molecule has 0 aliphatic rings. The fourth-order valence-corrected chi connectivity index (χ4v) is 3.42. The Morgan fingerprint density at radius 2 is 2.00 bits per heavy atom. The molecule has 0 N–H and O–H groups in total. The van der Waals surface area contributed by atoms with Crippen LogP contribution >= 0.6 is 11.3 Å². The molecule has 0 saturated carbocycles. The van der Waals surface area contributed by atoms with E-state index in [4.69, 9.17) is 4.74 Å². The molecule has 0 aromatic carbocycles. The largest absolute Gasteiger partial charge is 0.464 e. The number of ether oxygens (including phenoxy) is 1. The molecule has 1 amide bonds. The fourth-order valence-electron chi connectivity index (χ4n) is 2.64. The third kappa shape index (κ3) is 7.14. The molecule has 1 aromatic heterocycles. The summed E-state index contributed by atoms with van der Waals surface area (Å²) in [6.07, 6.45) is 4.94. The van der Waals surface area contributed by atoms with Gasteiger partial charge >= 0.3 is 5.97 Å². The van der Waals surface area contributed by atoms with Crippen molar-refractivity contribution in [1.29, 1.82) is 0 Å². The summed E-state index contributed by atoms with van der Waals surface area (Å²) in [5.74, 6) is 0.392. The maximum atomic E-state index is 13.0. The highest BCUT2D eigenvalue weighted by atomic mass is 32.1. The highest BCUT2D eigenvalue weighted by Crippen LogP contribution is 2.20. The minimum atomic E-state index is -0.433. The molecule has 1 atom stereocenters. The topological polar surface area (TPSA) is 59.5 Å². The number of carbonyl (C=O) groups excluding carboxylic acids is 2. The maximum Gasteiger partial charge on any atom is 0.357 e. The third-order valence-electron chi connectivity index (χ3n) is 4.31. The summed E-state index contributed by atoms with van der Waals surface area (Å²) in [6, 6.07) is 0. The third-order valence-corrected chi connectivity index (χ3v) is 5.14. The predicted octanol–water partition coefficient (Wildman–Crippen LogP) is 4.52. The summed E-state index contributed by atoms with van der Waals surface area (Å²) in [4.78, 5) is 30.8. The molecular formula is C19H32N2O3S. The monoisotopic (exact) mass is 368 g/mol. The highest BCUT2D eigenvalue weighted by molar-refractivity contribution is 7.09. The van der Waals surface area contributed by atoms with Gasteiger partial charge in [0.05, 0.1) is 13.7 Å². The Morgan fingerprint density at radius 1 is 1.28 bits per heavy atom. The molecule has 142 valence electrons. The SMILES string of the molecule is CCCCC(CC)C(=O)N(CCC(C)C)Cc1nc(C(=O)OC)cs1. The van der Waals surface area contributed by atoms with E-state index >= 15 is 0 Å². The minimum Gasteiger partial charge on any atom is -0.464 e. The molecule has 0 aliphatic carbocycles. The van der Waals surface area contributed by atoms with Crippen LogP contribution in [0.5, 0.6) is 0 Å². The van der Waals surface area contributed by atoms with E-state index in [1.807, 2.05) is 4.90 Å². The van der Waals surface area contributed by atoms with Crippen LogP contribution in [-0.2, 0) is 16.1 Å². The van der Waals surface area contributed by atoms with E-state index in [1.165, 1.54) is 18.4 Å². The molecule has 0 bridgehead atoms. The zero-order valence-corrected chi connectivity index (χ0v) is 17.0. The number of rotatable bonds is 11. The lowest BCUT2D eigenvalue weighted by atomic mass is 9.97. The minimum absolute atomic E-state index is 0.0761. The van der Waals surface area contributed by atoms with Crippen molar-refractivity contribution in [3.05, 3.63) is 16.1 Å². The van der Waals surface area contributed by atoms with Crippen molar-refractivity contribution in [3.8, 4) is 0 Å². The van der Waals surface area contributed by atoms with Gasteiger partial charge in [0.1, 0.15) is 5.01 Å². The second kappa shape index (κ2) is 11.2. The molecule has 1 aromatic rings. The molecule has 0 radical (unpaired) electrons. The maximum absolute atomic E-state index is 13.0. The Kier molecular flexibility index (Phi) is 9.71. The summed E-state index contributed by atoms with van der Waals surface area (Å²) >= 11 is 1.40. The highest BCUT2D eigenvalue weighted by Gasteiger charge is 2.24. The predicted molar refractivity (Wildman–Crippen MR) is 102 cm³/mol. The standard InChI is InChI=1S/C19H32N2O3S/c1-6-8-9-15(7-2)18(22)21(11-10-14(3)4)12-17-20-16(13-25-17)19(23)24-5/h13-15H,6-12H2,1-5H3. The number of hydrogen-bond donors (Lipinski definition) is 0. The van der Waals surface area contributed by atoms with Crippen molar-refractivity contribution in [2.45, 2.75) is 66.3 Å². The van der Waals surface area contributed by atoms with Gasteiger partial charge in [-0.15, -0.1) is 11.3 Å². The molecule has 5 nitrogen and oxygen atoms in total. The first kappa shape index (κ1) is 21.6. The number of carbonyl (C=O) groups is 2. The average molecular weight is 369 g/mol. The molecule has 1 heterocycles. The summed E-state index contributed by atoms with van der Waals surface area (Å²) < 4.78 is 4.71. The van der Waals surface area contributed by atoms with E-state index < -0.39 is 5.97 Å². The number of hydrogen-bond acceptors (Lipinski definition) is 5. The van der Waals surface area contributed by atoms with E-state index in [0.717, 1.165) is 43.7 Å². The Balaban J connectivity index is 2.85. The van der Waals surface area contributed by atoms with E-state index in [1.54, 1.807) is 5.38 Å². The van der Waals surface area contributed by atoms with Gasteiger partial charge in [0, 0.05) is 17.8 Å². The van der Waals surface area contributed by atoms with Crippen molar-refractivity contribution in [3.63, 3.8) is 0 Å². The quantitative estimate of drug-likeness (QED) is 0.539. The smallest absolute Gasteiger partial charge is 0.357 e. The van der Waals surface area contributed by atoms with Crippen molar-refractivity contribution in [2.24, 2.45) is 11.8 Å². The molecular weight excluding hydrogens is 336 g/mol. The van der Waals surface area contributed by atoms with Gasteiger partial charge in [0.2, 0.25) is 5.91 Å². The van der Waals surface area contributed by atoms with Crippen LogP contribution in [0, 0.1) is 11.8 Å². The zero-order chi connectivity index (χ0) is 18.8. The first-order valence-electron chi connectivity index (χ1n) is 9.24. The van der Waals surface area contributed by atoms with E-state index in [2.05, 4.69) is 32.7 Å². The van der Waals surface area contributed by atoms with Crippen LogP contribution in [0.25, 0.3) is 0 Å².